The number of benzene rings is 1. The van der Waals surface area contributed by atoms with Crippen LogP contribution in [-0.4, -0.2) is 16.2 Å². The first kappa shape index (κ1) is 11.3. The number of nitrogens with zero attached hydrogens (tertiary/aromatic N) is 3. The highest BCUT2D eigenvalue weighted by Crippen LogP contribution is 2.15. The third-order valence-electron chi connectivity index (χ3n) is 2.37. The monoisotopic (exact) mass is 226 g/mol. The molecule has 1 aromatic carbocycles. The zero-order valence-electron chi connectivity index (χ0n) is 9.88. The quantitative estimate of drug-likeness (QED) is 0.646. The predicted octanol–water partition coefficient (Wildman–Crippen LogP) is 2.54. The van der Waals surface area contributed by atoms with Crippen molar-refractivity contribution in [1.82, 2.24) is 9.97 Å². The minimum atomic E-state index is 0.775. The summed E-state index contributed by atoms with van der Waals surface area (Å²) in [6.07, 6.45) is 4.85. The maximum Gasteiger partial charge on any atom is 0.116 e. The van der Waals surface area contributed by atoms with E-state index in [2.05, 4.69) is 46.5 Å². The van der Waals surface area contributed by atoms with Crippen molar-refractivity contribution in [3.8, 4) is 0 Å². The molecule has 0 saturated carbocycles. The van der Waals surface area contributed by atoms with Crippen molar-refractivity contribution < 1.29 is 0 Å². The van der Waals surface area contributed by atoms with Gasteiger partial charge in [-0.1, -0.05) is 17.7 Å². The van der Waals surface area contributed by atoms with E-state index in [-0.39, 0.29) is 0 Å². The smallest absolute Gasteiger partial charge is 0.116 e. The van der Waals surface area contributed by atoms with Crippen molar-refractivity contribution in [1.29, 1.82) is 0 Å². The summed E-state index contributed by atoms with van der Waals surface area (Å²) in [5.41, 5.74) is 7.19. The van der Waals surface area contributed by atoms with Crippen LogP contribution in [0.2, 0.25) is 0 Å². The van der Waals surface area contributed by atoms with E-state index < -0.39 is 0 Å². The van der Waals surface area contributed by atoms with Crippen LogP contribution in [-0.2, 0) is 0 Å². The highest BCUT2D eigenvalue weighted by Gasteiger charge is 1.95. The summed E-state index contributed by atoms with van der Waals surface area (Å²) < 4.78 is 0. The van der Waals surface area contributed by atoms with Gasteiger partial charge in [0, 0.05) is 6.20 Å². The van der Waals surface area contributed by atoms with Gasteiger partial charge in [-0.25, -0.2) is 9.97 Å². The molecule has 0 fully saturated rings. The number of aryl methyl sites for hydroxylation is 2. The topological polar surface area (TPSA) is 50.2 Å². The fourth-order valence-corrected chi connectivity index (χ4v) is 1.48. The van der Waals surface area contributed by atoms with Crippen LogP contribution >= 0.6 is 0 Å². The second-order valence-electron chi connectivity index (χ2n) is 3.82. The molecule has 0 radical (unpaired) electrons. The zero-order valence-corrected chi connectivity index (χ0v) is 9.88. The van der Waals surface area contributed by atoms with Crippen molar-refractivity contribution in [2.24, 2.45) is 5.10 Å². The maximum absolute atomic E-state index is 4.14. The Morgan fingerprint density at radius 2 is 2.12 bits per heavy atom. The lowest BCUT2D eigenvalue weighted by atomic mass is 10.1. The molecule has 0 aliphatic heterocycles. The second kappa shape index (κ2) is 5.21. The molecule has 0 aliphatic rings. The molecule has 4 nitrogen and oxygen atoms in total. The number of hydrogen-bond acceptors (Lipinski definition) is 4. The molecule has 0 bridgehead atoms. The van der Waals surface area contributed by atoms with Crippen LogP contribution in [0.3, 0.4) is 0 Å². The third kappa shape index (κ3) is 3.11. The Morgan fingerprint density at radius 3 is 2.82 bits per heavy atom. The Labute approximate surface area is 100 Å². The molecular weight excluding hydrogens is 212 g/mol. The van der Waals surface area contributed by atoms with E-state index in [0.717, 1.165) is 11.4 Å². The predicted molar refractivity (Wildman–Crippen MR) is 69.2 cm³/mol. The number of rotatable bonds is 3. The van der Waals surface area contributed by atoms with Gasteiger partial charge in [-0.05, 0) is 31.5 Å². The Hall–Kier alpha value is -2.23. The minimum Gasteiger partial charge on any atom is -0.278 e. The van der Waals surface area contributed by atoms with Crippen LogP contribution in [0.1, 0.15) is 16.8 Å². The first-order valence-electron chi connectivity index (χ1n) is 5.38. The first-order chi connectivity index (χ1) is 8.25. The molecule has 1 aromatic heterocycles. The van der Waals surface area contributed by atoms with Crippen molar-refractivity contribution >= 4 is 11.9 Å². The van der Waals surface area contributed by atoms with Crippen LogP contribution in [0.25, 0.3) is 0 Å². The lowest BCUT2D eigenvalue weighted by Gasteiger charge is -2.05. The number of aromatic nitrogens is 2. The van der Waals surface area contributed by atoms with Gasteiger partial charge in [0.2, 0.25) is 0 Å². The van der Waals surface area contributed by atoms with E-state index in [0.29, 0.717) is 0 Å². The van der Waals surface area contributed by atoms with Gasteiger partial charge in [-0.2, -0.15) is 5.10 Å². The Balaban J connectivity index is 2.05. The van der Waals surface area contributed by atoms with Crippen molar-refractivity contribution in [2.45, 2.75) is 13.8 Å². The molecule has 0 aliphatic carbocycles. The SMILES string of the molecule is Cc1ccc(N/N=C/c2ccncn2)c(C)c1. The standard InChI is InChI=1S/C13H14N4/c1-10-3-4-13(11(2)7-10)17-16-8-12-5-6-14-9-15-12/h3-9,17H,1-2H3/b16-8+. The largest absolute Gasteiger partial charge is 0.278 e. The number of anilines is 1. The van der Waals surface area contributed by atoms with E-state index in [1.165, 1.54) is 17.5 Å². The Bertz CT molecular complexity index is 520. The molecule has 2 aromatic rings. The summed E-state index contributed by atoms with van der Waals surface area (Å²) in [7, 11) is 0. The molecular formula is C13H14N4. The Kier molecular flexibility index (Phi) is 3.45. The van der Waals surface area contributed by atoms with E-state index >= 15 is 0 Å². The lowest BCUT2D eigenvalue weighted by Crippen LogP contribution is -1.94. The van der Waals surface area contributed by atoms with E-state index in [1.54, 1.807) is 18.5 Å². The number of hydrogen-bond donors (Lipinski definition) is 1. The minimum absolute atomic E-state index is 0.775. The molecule has 0 amide bonds. The van der Waals surface area contributed by atoms with Crippen molar-refractivity contribution in [3.63, 3.8) is 0 Å². The van der Waals surface area contributed by atoms with Crippen molar-refractivity contribution in [3.05, 3.63) is 53.6 Å². The summed E-state index contributed by atoms with van der Waals surface area (Å²) >= 11 is 0. The molecule has 1 N–H and O–H groups in total. The van der Waals surface area contributed by atoms with Crippen LogP contribution in [0.15, 0.2) is 41.9 Å². The van der Waals surface area contributed by atoms with E-state index in [9.17, 15) is 0 Å². The highest BCUT2D eigenvalue weighted by atomic mass is 15.3. The number of hydrazone groups is 1. The van der Waals surface area contributed by atoms with Crippen LogP contribution < -0.4 is 5.43 Å². The van der Waals surface area contributed by atoms with Gasteiger partial charge in [0.25, 0.3) is 0 Å². The summed E-state index contributed by atoms with van der Waals surface area (Å²) in [6, 6.07) is 7.98. The summed E-state index contributed by atoms with van der Waals surface area (Å²) in [5, 5.41) is 4.14. The molecule has 0 atom stereocenters. The lowest BCUT2D eigenvalue weighted by molar-refractivity contribution is 1.15. The zero-order chi connectivity index (χ0) is 12.1. The average molecular weight is 226 g/mol. The molecule has 0 saturated heterocycles. The molecule has 4 heteroatoms. The normalized spacial score (nSPS) is 10.7. The van der Waals surface area contributed by atoms with Crippen LogP contribution in [0.4, 0.5) is 5.69 Å². The molecule has 1 heterocycles. The average Bonchev–Trinajstić information content (AvgIpc) is 2.33. The molecule has 0 spiro atoms. The molecule has 86 valence electrons. The van der Waals surface area contributed by atoms with Gasteiger partial charge >= 0.3 is 0 Å². The fourth-order valence-electron chi connectivity index (χ4n) is 1.48. The summed E-state index contributed by atoms with van der Waals surface area (Å²) in [5.74, 6) is 0. The van der Waals surface area contributed by atoms with Gasteiger partial charge < -0.3 is 0 Å². The van der Waals surface area contributed by atoms with Gasteiger partial charge in [0.1, 0.15) is 6.33 Å². The van der Waals surface area contributed by atoms with Crippen molar-refractivity contribution in [2.75, 3.05) is 5.43 Å². The first-order valence-corrected chi connectivity index (χ1v) is 5.38. The third-order valence-corrected chi connectivity index (χ3v) is 2.37. The molecule has 17 heavy (non-hydrogen) atoms. The van der Waals surface area contributed by atoms with Gasteiger partial charge in [0.05, 0.1) is 17.6 Å². The van der Waals surface area contributed by atoms with Gasteiger partial charge in [-0.15, -0.1) is 0 Å². The Morgan fingerprint density at radius 1 is 1.24 bits per heavy atom. The van der Waals surface area contributed by atoms with Gasteiger partial charge in [-0.3, -0.25) is 5.43 Å². The maximum atomic E-state index is 4.14. The van der Waals surface area contributed by atoms with Crippen LogP contribution in [0, 0.1) is 13.8 Å². The van der Waals surface area contributed by atoms with Gasteiger partial charge in [0.15, 0.2) is 0 Å². The molecule has 2 rings (SSSR count). The highest BCUT2D eigenvalue weighted by molar-refractivity contribution is 5.77. The van der Waals surface area contributed by atoms with Crippen LogP contribution in [0.5, 0.6) is 0 Å². The fraction of sp³-hybridized carbons (Fsp3) is 0.154. The van der Waals surface area contributed by atoms with E-state index in [4.69, 9.17) is 0 Å². The summed E-state index contributed by atoms with van der Waals surface area (Å²) in [4.78, 5) is 7.89. The summed E-state index contributed by atoms with van der Waals surface area (Å²) in [6.45, 7) is 4.12. The second-order valence-corrected chi connectivity index (χ2v) is 3.82. The van der Waals surface area contributed by atoms with E-state index in [1.807, 2.05) is 6.07 Å². The number of nitrogens with one attached hydrogen (secondary N) is 1. The molecule has 0 unspecified atom stereocenters.